The summed E-state index contributed by atoms with van der Waals surface area (Å²) in [6.07, 6.45) is -1.71. The van der Waals surface area contributed by atoms with Crippen molar-refractivity contribution in [1.29, 1.82) is 0 Å². The largest absolute Gasteiger partial charge is 0.416 e. The molecule has 1 aromatic carbocycles. The molecule has 0 bridgehead atoms. The second kappa shape index (κ2) is 9.08. The molecule has 1 N–H and O–H groups in total. The molecule has 0 radical (unpaired) electrons. The molecule has 0 spiro atoms. The molecule has 2 unspecified atom stereocenters. The van der Waals surface area contributed by atoms with E-state index in [1.54, 1.807) is 6.92 Å². The fourth-order valence-electron chi connectivity index (χ4n) is 4.67. The van der Waals surface area contributed by atoms with E-state index in [2.05, 4.69) is 24.9 Å². The van der Waals surface area contributed by atoms with Crippen LogP contribution in [0.5, 0.6) is 0 Å². The van der Waals surface area contributed by atoms with E-state index in [-0.39, 0.29) is 23.6 Å². The molecule has 5 rings (SSSR count). The van der Waals surface area contributed by atoms with Gasteiger partial charge in [-0.2, -0.15) is 13.2 Å². The van der Waals surface area contributed by atoms with Crippen LogP contribution in [-0.4, -0.2) is 45.1 Å². The van der Waals surface area contributed by atoms with E-state index in [4.69, 9.17) is 0 Å². The first-order valence-corrected chi connectivity index (χ1v) is 13.1. The summed E-state index contributed by atoms with van der Waals surface area (Å²) in [6.45, 7) is 1.59. The topological polar surface area (TPSA) is 103 Å². The van der Waals surface area contributed by atoms with Crippen molar-refractivity contribution < 1.29 is 30.4 Å². The third-order valence-electron chi connectivity index (χ3n) is 6.56. The summed E-state index contributed by atoms with van der Waals surface area (Å²) >= 11 is 0. The average molecular weight is 543 g/mol. The standard InChI is InChI=1S/C23H23F5N6O2S/c1-13-32-30-12-34(13)18-9-17(10-22(24,25)11-18)33-37(35,36)19-7-15(6-16(8-19)23(26,27)28)20-4-5-29-21(31-20)14-2-3-14/h4-8,12,14,17-18,33H,2-3,9-11H2,1H3. The molecule has 0 saturated heterocycles. The minimum Gasteiger partial charge on any atom is -0.314 e. The number of sulfonamides is 1. The van der Waals surface area contributed by atoms with E-state index in [1.807, 2.05) is 0 Å². The van der Waals surface area contributed by atoms with Gasteiger partial charge in [-0.1, -0.05) is 0 Å². The number of aromatic nitrogens is 5. The van der Waals surface area contributed by atoms with Crippen molar-refractivity contribution in [1.82, 2.24) is 29.5 Å². The van der Waals surface area contributed by atoms with Gasteiger partial charge in [-0.3, -0.25) is 0 Å². The lowest BCUT2D eigenvalue weighted by Gasteiger charge is -2.35. The van der Waals surface area contributed by atoms with Crippen LogP contribution in [0.2, 0.25) is 0 Å². The molecule has 14 heteroatoms. The molecular formula is C23H23F5N6O2S. The molecule has 0 amide bonds. The lowest BCUT2D eigenvalue weighted by molar-refractivity contribution is -0.137. The Morgan fingerprint density at radius 1 is 1.14 bits per heavy atom. The fraction of sp³-hybridized carbons (Fsp3) is 0.478. The van der Waals surface area contributed by atoms with Crippen molar-refractivity contribution in [2.45, 2.75) is 74.0 Å². The molecular weight excluding hydrogens is 519 g/mol. The predicted molar refractivity (Wildman–Crippen MR) is 121 cm³/mol. The Labute approximate surface area is 209 Å². The monoisotopic (exact) mass is 542 g/mol. The first kappa shape index (κ1) is 25.6. The first-order chi connectivity index (χ1) is 17.3. The zero-order chi connectivity index (χ0) is 26.6. The first-order valence-electron chi connectivity index (χ1n) is 11.6. The van der Waals surface area contributed by atoms with E-state index in [0.717, 1.165) is 25.0 Å². The predicted octanol–water partition coefficient (Wildman–Crippen LogP) is 4.65. The number of benzene rings is 1. The molecule has 37 heavy (non-hydrogen) atoms. The Balaban J connectivity index is 1.48. The summed E-state index contributed by atoms with van der Waals surface area (Å²) in [5.74, 6) is -2.20. The van der Waals surface area contributed by atoms with Crippen LogP contribution in [0, 0.1) is 6.92 Å². The SMILES string of the molecule is Cc1nncn1C1CC(NS(=O)(=O)c2cc(-c3ccnc(C4CC4)n3)cc(C(F)(F)F)c2)CC(F)(F)C1. The van der Waals surface area contributed by atoms with Crippen LogP contribution in [0.3, 0.4) is 0 Å². The summed E-state index contributed by atoms with van der Waals surface area (Å²) in [4.78, 5) is 7.79. The van der Waals surface area contributed by atoms with Gasteiger partial charge in [-0.15, -0.1) is 10.2 Å². The van der Waals surface area contributed by atoms with Crippen molar-refractivity contribution in [3.8, 4) is 11.3 Å². The molecule has 2 aliphatic rings. The summed E-state index contributed by atoms with van der Waals surface area (Å²) in [5.41, 5.74) is -1.11. The second-order valence-electron chi connectivity index (χ2n) is 9.58. The van der Waals surface area contributed by atoms with E-state index < -0.39 is 57.5 Å². The van der Waals surface area contributed by atoms with Gasteiger partial charge in [0.05, 0.1) is 16.2 Å². The normalized spacial score (nSPS) is 22.2. The number of nitrogens with one attached hydrogen (secondary N) is 1. The van der Waals surface area contributed by atoms with Gasteiger partial charge < -0.3 is 4.57 Å². The summed E-state index contributed by atoms with van der Waals surface area (Å²) in [5, 5.41) is 7.49. The highest BCUT2D eigenvalue weighted by molar-refractivity contribution is 7.89. The molecule has 2 fully saturated rings. The van der Waals surface area contributed by atoms with Gasteiger partial charge in [0.25, 0.3) is 5.92 Å². The second-order valence-corrected chi connectivity index (χ2v) is 11.3. The average Bonchev–Trinajstić information content (AvgIpc) is 3.57. The van der Waals surface area contributed by atoms with Crippen molar-refractivity contribution in [3.05, 3.63) is 54.0 Å². The summed E-state index contributed by atoms with van der Waals surface area (Å²) < 4.78 is 100. The molecule has 0 aliphatic heterocycles. The number of nitrogens with zero attached hydrogens (tertiary/aromatic N) is 5. The third-order valence-corrected chi connectivity index (χ3v) is 8.06. The van der Waals surface area contributed by atoms with Gasteiger partial charge in [0.2, 0.25) is 10.0 Å². The molecule has 198 valence electrons. The molecule has 3 aromatic rings. The quantitative estimate of drug-likeness (QED) is 0.455. The fourth-order valence-corrected chi connectivity index (χ4v) is 5.99. The van der Waals surface area contributed by atoms with E-state index >= 15 is 0 Å². The third kappa shape index (κ3) is 5.64. The zero-order valence-corrected chi connectivity index (χ0v) is 20.4. The Bertz CT molecular complexity index is 1420. The van der Waals surface area contributed by atoms with Gasteiger partial charge in [-0.05, 0) is 50.5 Å². The van der Waals surface area contributed by atoms with Gasteiger partial charge in [-0.25, -0.2) is 31.9 Å². The number of hydrogen-bond acceptors (Lipinski definition) is 6. The van der Waals surface area contributed by atoms with Crippen molar-refractivity contribution >= 4 is 10.0 Å². The highest BCUT2D eigenvalue weighted by atomic mass is 32.2. The molecule has 2 atom stereocenters. The Morgan fingerprint density at radius 2 is 1.89 bits per heavy atom. The minimum absolute atomic E-state index is 0.00379. The van der Waals surface area contributed by atoms with Gasteiger partial charge in [0, 0.05) is 42.6 Å². The Kier molecular flexibility index (Phi) is 6.29. The minimum atomic E-state index is -4.85. The number of halogens is 5. The zero-order valence-electron chi connectivity index (χ0n) is 19.6. The molecule has 2 aromatic heterocycles. The maximum atomic E-state index is 14.6. The van der Waals surface area contributed by atoms with Crippen molar-refractivity contribution in [2.24, 2.45) is 0 Å². The maximum absolute atomic E-state index is 14.6. The Morgan fingerprint density at radius 3 is 2.54 bits per heavy atom. The number of rotatable bonds is 6. The maximum Gasteiger partial charge on any atom is 0.416 e. The lowest BCUT2D eigenvalue weighted by atomic mass is 9.88. The van der Waals surface area contributed by atoms with Crippen LogP contribution in [-0.2, 0) is 16.2 Å². The smallest absolute Gasteiger partial charge is 0.314 e. The molecule has 2 saturated carbocycles. The molecule has 8 nitrogen and oxygen atoms in total. The number of alkyl halides is 5. The van der Waals surface area contributed by atoms with Crippen LogP contribution in [0.25, 0.3) is 11.3 Å². The van der Waals surface area contributed by atoms with E-state index in [9.17, 15) is 30.4 Å². The van der Waals surface area contributed by atoms with Gasteiger partial charge in [0.1, 0.15) is 18.0 Å². The van der Waals surface area contributed by atoms with Crippen molar-refractivity contribution in [3.63, 3.8) is 0 Å². The van der Waals surface area contributed by atoms with E-state index in [1.165, 1.54) is 23.2 Å². The molecule has 2 heterocycles. The van der Waals surface area contributed by atoms with Crippen LogP contribution in [0.15, 0.2) is 41.7 Å². The summed E-state index contributed by atoms with van der Waals surface area (Å²) in [6, 6.07) is 1.77. The highest BCUT2D eigenvalue weighted by Gasteiger charge is 2.44. The van der Waals surface area contributed by atoms with Gasteiger partial charge >= 0.3 is 6.18 Å². The van der Waals surface area contributed by atoms with Crippen LogP contribution >= 0.6 is 0 Å². The summed E-state index contributed by atoms with van der Waals surface area (Å²) in [7, 11) is -4.61. The van der Waals surface area contributed by atoms with Crippen LogP contribution in [0.4, 0.5) is 22.0 Å². The number of hydrogen-bond donors (Lipinski definition) is 1. The Hall–Kier alpha value is -3.00. The molecule has 2 aliphatic carbocycles. The lowest BCUT2D eigenvalue weighted by Crippen LogP contribution is -2.45. The van der Waals surface area contributed by atoms with Crippen LogP contribution < -0.4 is 4.72 Å². The van der Waals surface area contributed by atoms with Gasteiger partial charge in [0.15, 0.2) is 0 Å². The number of aryl methyl sites for hydroxylation is 1. The highest BCUT2D eigenvalue weighted by Crippen LogP contribution is 2.41. The van der Waals surface area contributed by atoms with E-state index in [0.29, 0.717) is 17.7 Å². The van der Waals surface area contributed by atoms with Crippen LogP contribution in [0.1, 0.15) is 61.3 Å². The van der Waals surface area contributed by atoms with Crippen molar-refractivity contribution in [2.75, 3.05) is 0 Å².